The summed E-state index contributed by atoms with van der Waals surface area (Å²) < 4.78 is 11.5. The topological polar surface area (TPSA) is 31.0 Å². The summed E-state index contributed by atoms with van der Waals surface area (Å²) in [4.78, 5) is 5.18. The lowest BCUT2D eigenvalue weighted by Crippen LogP contribution is -1.94. The lowest BCUT2D eigenvalue weighted by atomic mass is 9.99. The first-order chi connectivity index (χ1) is 24.3. The van der Waals surface area contributed by atoms with Crippen molar-refractivity contribution in [2.75, 3.05) is 0 Å². The summed E-state index contributed by atoms with van der Waals surface area (Å²) in [6, 6.07) is 56.5. The van der Waals surface area contributed by atoms with E-state index in [4.69, 9.17) is 9.40 Å². The van der Waals surface area contributed by atoms with Crippen molar-refractivity contribution < 1.29 is 4.42 Å². The number of aromatic nitrogens is 2. The minimum atomic E-state index is 0.626. The molecule has 0 fully saturated rings. The summed E-state index contributed by atoms with van der Waals surface area (Å²) in [7, 11) is 0. The standard InChI is InChI=1S/C45H26N2OS/c1-2-11-30-25-31(18-17-27(30)9-1)37-26-39-42(41-36-14-6-8-16-40(36)49-44(37)41)46-45(48-39)29-19-22-32(23-20-29)47-38-15-7-5-13-34(38)35-24-21-28-10-3-4-12-33(28)43(35)47/h1-26H. The van der Waals surface area contributed by atoms with Gasteiger partial charge in [-0.05, 0) is 70.3 Å². The molecule has 0 aliphatic carbocycles. The molecular weight excluding hydrogens is 617 g/mol. The fourth-order valence-corrected chi connectivity index (χ4v) is 8.96. The van der Waals surface area contributed by atoms with Crippen LogP contribution in [0, 0.1) is 0 Å². The van der Waals surface area contributed by atoms with Gasteiger partial charge >= 0.3 is 0 Å². The van der Waals surface area contributed by atoms with Gasteiger partial charge in [0.2, 0.25) is 5.89 Å². The molecule has 228 valence electrons. The van der Waals surface area contributed by atoms with Gasteiger partial charge in [-0.3, -0.25) is 0 Å². The molecule has 0 aliphatic rings. The van der Waals surface area contributed by atoms with Crippen LogP contribution in [0.1, 0.15) is 0 Å². The Kier molecular flexibility index (Phi) is 5.54. The molecule has 0 amide bonds. The minimum Gasteiger partial charge on any atom is -0.436 e. The minimum absolute atomic E-state index is 0.626. The Bertz CT molecular complexity index is 3110. The maximum atomic E-state index is 6.65. The van der Waals surface area contributed by atoms with E-state index in [-0.39, 0.29) is 0 Å². The third kappa shape index (κ3) is 3.92. The van der Waals surface area contributed by atoms with E-state index in [0.29, 0.717) is 5.89 Å². The number of thiophene rings is 1. The molecule has 0 spiro atoms. The molecule has 0 atom stereocenters. The lowest BCUT2D eigenvalue weighted by Gasteiger charge is -2.10. The second kappa shape index (κ2) is 10.1. The first kappa shape index (κ1) is 26.8. The predicted molar refractivity (Wildman–Crippen MR) is 207 cm³/mol. The molecule has 0 N–H and O–H groups in total. The molecule has 11 rings (SSSR count). The van der Waals surface area contributed by atoms with E-state index in [9.17, 15) is 0 Å². The molecule has 49 heavy (non-hydrogen) atoms. The quantitative estimate of drug-likeness (QED) is 0.192. The van der Waals surface area contributed by atoms with Crippen LogP contribution in [0.5, 0.6) is 0 Å². The van der Waals surface area contributed by atoms with Gasteiger partial charge < -0.3 is 8.98 Å². The average Bonchev–Trinajstić information content (AvgIpc) is 3.86. The van der Waals surface area contributed by atoms with Crippen molar-refractivity contribution in [3.63, 3.8) is 0 Å². The van der Waals surface area contributed by atoms with Crippen LogP contribution in [0.15, 0.2) is 162 Å². The largest absolute Gasteiger partial charge is 0.436 e. The van der Waals surface area contributed by atoms with Gasteiger partial charge in [0.25, 0.3) is 0 Å². The first-order valence-corrected chi connectivity index (χ1v) is 17.4. The summed E-state index contributed by atoms with van der Waals surface area (Å²) in [5.41, 5.74) is 8.53. The third-order valence-corrected chi connectivity index (χ3v) is 11.2. The summed E-state index contributed by atoms with van der Waals surface area (Å²) in [6.07, 6.45) is 0. The molecule has 0 radical (unpaired) electrons. The highest BCUT2D eigenvalue weighted by Gasteiger charge is 2.20. The molecule has 4 heteroatoms. The van der Waals surface area contributed by atoms with Gasteiger partial charge in [0.05, 0.1) is 11.0 Å². The average molecular weight is 643 g/mol. The monoisotopic (exact) mass is 642 g/mol. The van der Waals surface area contributed by atoms with E-state index in [0.717, 1.165) is 27.7 Å². The number of hydrogen-bond acceptors (Lipinski definition) is 3. The number of para-hydroxylation sites is 1. The van der Waals surface area contributed by atoms with Crippen LogP contribution in [0.2, 0.25) is 0 Å². The van der Waals surface area contributed by atoms with Crippen molar-refractivity contribution >= 4 is 86.0 Å². The van der Waals surface area contributed by atoms with Gasteiger partial charge in [0.1, 0.15) is 5.52 Å². The van der Waals surface area contributed by atoms with E-state index in [1.807, 2.05) is 11.3 Å². The van der Waals surface area contributed by atoms with Crippen molar-refractivity contribution in [2.24, 2.45) is 0 Å². The van der Waals surface area contributed by atoms with Crippen LogP contribution >= 0.6 is 11.3 Å². The van der Waals surface area contributed by atoms with Crippen LogP contribution in [0.4, 0.5) is 0 Å². The van der Waals surface area contributed by atoms with Crippen molar-refractivity contribution in [3.05, 3.63) is 158 Å². The molecule has 0 saturated carbocycles. The van der Waals surface area contributed by atoms with E-state index >= 15 is 0 Å². The number of nitrogens with zero attached hydrogens (tertiary/aromatic N) is 2. The number of fused-ring (bicyclic) bond motifs is 11. The van der Waals surface area contributed by atoms with Gasteiger partial charge in [0, 0.05) is 53.1 Å². The van der Waals surface area contributed by atoms with Crippen molar-refractivity contribution in [3.8, 4) is 28.3 Å². The van der Waals surface area contributed by atoms with Gasteiger partial charge in [-0.15, -0.1) is 11.3 Å². The smallest absolute Gasteiger partial charge is 0.227 e. The third-order valence-electron chi connectivity index (χ3n) is 10.00. The first-order valence-electron chi connectivity index (χ1n) is 16.5. The normalized spacial score (nSPS) is 12.1. The maximum Gasteiger partial charge on any atom is 0.227 e. The van der Waals surface area contributed by atoms with E-state index in [1.165, 1.54) is 69.3 Å². The highest BCUT2D eigenvalue weighted by Crippen LogP contribution is 2.45. The van der Waals surface area contributed by atoms with Crippen LogP contribution in [0.25, 0.3) is 103 Å². The van der Waals surface area contributed by atoms with E-state index in [2.05, 4.69) is 162 Å². The fraction of sp³-hybridized carbons (Fsp3) is 0. The van der Waals surface area contributed by atoms with Crippen LogP contribution in [0.3, 0.4) is 0 Å². The second-order valence-electron chi connectivity index (χ2n) is 12.7. The van der Waals surface area contributed by atoms with Gasteiger partial charge in [-0.25, -0.2) is 4.98 Å². The number of oxazole rings is 1. The zero-order valence-corrected chi connectivity index (χ0v) is 27.0. The number of benzene rings is 8. The molecule has 0 aliphatic heterocycles. The predicted octanol–water partition coefficient (Wildman–Crippen LogP) is 12.9. The van der Waals surface area contributed by atoms with E-state index in [1.54, 1.807) is 0 Å². The Balaban J connectivity index is 1.10. The highest BCUT2D eigenvalue weighted by molar-refractivity contribution is 7.26. The zero-order chi connectivity index (χ0) is 32.1. The maximum absolute atomic E-state index is 6.65. The summed E-state index contributed by atoms with van der Waals surface area (Å²) in [5, 5.41) is 9.82. The Hall–Kier alpha value is -6.23. The van der Waals surface area contributed by atoms with Gasteiger partial charge in [0.15, 0.2) is 5.58 Å². The molecule has 0 bridgehead atoms. The number of hydrogen-bond donors (Lipinski definition) is 0. The van der Waals surface area contributed by atoms with Crippen molar-refractivity contribution in [2.45, 2.75) is 0 Å². The zero-order valence-electron chi connectivity index (χ0n) is 26.2. The Labute approximate surface area is 284 Å². The van der Waals surface area contributed by atoms with Crippen molar-refractivity contribution in [1.29, 1.82) is 0 Å². The summed E-state index contributed by atoms with van der Waals surface area (Å²) >= 11 is 1.83. The van der Waals surface area contributed by atoms with Gasteiger partial charge in [-0.2, -0.15) is 0 Å². The molecule has 3 heterocycles. The molecule has 3 nitrogen and oxygen atoms in total. The lowest BCUT2D eigenvalue weighted by molar-refractivity contribution is 0.620. The molecule has 0 saturated heterocycles. The van der Waals surface area contributed by atoms with Crippen LogP contribution in [-0.2, 0) is 0 Å². The van der Waals surface area contributed by atoms with E-state index < -0.39 is 0 Å². The molecule has 11 aromatic rings. The van der Waals surface area contributed by atoms with Gasteiger partial charge in [-0.1, -0.05) is 109 Å². The van der Waals surface area contributed by atoms with Crippen LogP contribution in [-0.4, -0.2) is 9.55 Å². The van der Waals surface area contributed by atoms with Crippen molar-refractivity contribution in [1.82, 2.24) is 9.55 Å². The summed E-state index contributed by atoms with van der Waals surface area (Å²) in [5.74, 6) is 0.626. The molecule has 8 aromatic carbocycles. The Morgan fingerprint density at radius 3 is 2.10 bits per heavy atom. The summed E-state index contributed by atoms with van der Waals surface area (Å²) in [6.45, 7) is 0. The molecule has 3 aromatic heterocycles. The molecule has 0 unspecified atom stereocenters. The van der Waals surface area contributed by atoms with Crippen LogP contribution < -0.4 is 0 Å². The Morgan fingerprint density at radius 2 is 1.22 bits per heavy atom. The number of rotatable bonds is 3. The second-order valence-corrected chi connectivity index (χ2v) is 13.8. The fourth-order valence-electron chi connectivity index (χ4n) is 7.72. The Morgan fingerprint density at radius 1 is 0.531 bits per heavy atom. The highest BCUT2D eigenvalue weighted by atomic mass is 32.1. The molecular formula is C45H26N2OS. The SMILES string of the molecule is c1ccc2cc(-c3cc4oc(-c5ccc(-n6c7ccccc7c7ccc8ccccc8c76)cc5)nc4c4c3sc3ccccc34)ccc2c1.